The molecule has 21 heavy (non-hydrogen) atoms. The summed E-state index contributed by atoms with van der Waals surface area (Å²) in [6.45, 7) is 13.2. The summed E-state index contributed by atoms with van der Waals surface area (Å²) in [5, 5.41) is 0. The van der Waals surface area contributed by atoms with E-state index in [0.717, 1.165) is 49.5 Å². The molecule has 0 atom stereocenters. The lowest BCUT2D eigenvalue weighted by atomic mass is 10.1. The van der Waals surface area contributed by atoms with Gasteiger partial charge in [-0.1, -0.05) is 27.7 Å². The van der Waals surface area contributed by atoms with Crippen molar-refractivity contribution in [3.63, 3.8) is 0 Å². The minimum Gasteiger partial charge on any atom is -0.492 e. The van der Waals surface area contributed by atoms with Crippen LogP contribution >= 0.6 is 0 Å². The molecule has 2 N–H and O–H groups in total. The summed E-state index contributed by atoms with van der Waals surface area (Å²) < 4.78 is 5.81. The van der Waals surface area contributed by atoms with Crippen LogP contribution in [0.5, 0.6) is 5.75 Å². The van der Waals surface area contributed by atoms with Crippen molar-refractivity contribution < 1.29 is 4.74 Å². The van der Waals surface area contributed by atoms with Gasteiger partial charge in [-0.25, -0.2) is 0 Å². The van der Waals surface area contributed by atoms with Crippen molar-refractivity contribution >= 4 is 5.69 Å². The number of nitrogens with two attached hydrogens (primary N) is 1. The van der Waals surface area contributed by atoms with Crippen LogP contribution < -0.4 is 10.5 Å². The molecule has 1 aromatic rings. The molecule has 0 radical (unpaired) electrons. The average molecular weight is 292 g/mol. The van der Waals surface area contributed by atoms with Gasteiger partial charge in [0.25, 0.3) is 0 Å². The quantitative estimate of drug-likeness (QED) is 0.661. The summed E-state index contributed by atoms with van der Waals surface area (Å²) in [6, 6.07) is 7.62. The molecule has 0 aliphatic heterocycles. The molecular formula is C18H32N2O. The monoisotopic (exact) mass is 292 g/mol. The van der Waals surface area contributed by atoms with Crippen LogP contribution in [0.25, 0.3) is 0 Å². The molecule has 0 aliphatic rings. The van der Waals surface area contributed by atoms with Crippen LogP contribution in [0, 0.1) is 11.8 Å². The zero-order chi connectivity index (χ0) is 15.7. The number of nitrogen functional groups attached to an aromatic ring is 1. The molecule has 1 rings (SSSR count). The Balaban J connectivity index is 2.34. The average Bonchev–Trinajstić information content (AvgIpc) is 2.43. The highest BCUT2D eigenvalue weighted by Crippen LogP contribution is 2.13. The highest BCUT2D eigenvalue weighted by atomic mass is 16.5. The van der Waals surface area contributed by atoms with E-state index in [1.165, 1.54) is 12.8 Å². The van der Waals surface area contributed by atoms with Gasteiger partial charge in [-0.05, 0) is 62.0 Å². The third-order valence-electron chi connectivity index (χ3n) is 3.60. The molecule has 1 aromatic carbocycles. The zero-order valence-corrected chi connectivity index (χ0v) is 14.1. The molecule has 0 aromatic heterocycles. The lowest BCUT2D eigenvalue weighted by Gasteiger charge is -2.24. The van der Waals surface area contributed by atoms with Gasteiger partial charge in [0.15, 0.2) is 0 Å². The first kappa shape index (κ1) is 17.8. The summed E-state index contributed by atoms with van der Waals surface area (Å²) in [7, 11) is 0. The number of rotatable bonds is 10. The zero-order valence-electron chi connectivity index (χ0n) is 14.1. The molecule has 0 unspecified atom stereocenters. The minimum absolute atomic E-state index is 0.736. The van der Waals surface area contributed by atoms with E-state index in [1.54, 1.807) is 0 Å². The van der Waals surface area contributed by atoms with Crippen molar-refractivity contribution in [3.05, 3.63) is 24.3 Å². The Morgan fingerprint density at radius 1 is 0.905 bits per heavy atom. The summed E-state index contributed by atoms with van der Waals surface area (Å²) in [5.41, 5.74) is 6.45. The molecule has 3 nitrogen and oxygen atoms in total. The fourth-order valence-electron chi connectivity index (χ4n) is 2.07. The number of benzene rings is 1. The van der Waals surface area contributed by atoms with Gasteiger partial charge in [0.05, 0.1) is 0 Å². The summed E-state index contributed by atoms with van der Waals surface area (Å²) >= 11 is 0. The first-order valence-corrected chi connectivity index (χ1v) is 8.18. The predicted octanol–water partition coefficient (Wildman–Crippen LogP) is 4.04. The van der Waals surface area contributed by atoms with Gasteiger partial charge in [-0.3, -0.25) is 4.90 Å². The molecule has 0 bridgehead atoms. The van der Waals surface area contributed by atoms with E-state index >= 15 is 0 Å². The van der Waals surface area contributed by atoms with E-state index in [0.29, 0.717) is 0 Å². The van der Waals surface area contributed by atoms with Gasteiger partial charge in [0.2, 0.25) is 0 Å². The number of ether oxygens (including phenoxy) is 1. The molecule has 0 spiro atoms. The van der Waals surface area contributed by atoms with Crippen LogP contribution in [-0.2, 0) is 0 Å². The molecule has 0 amide bonds. The molecule has 0 fully saturated rings. The van der Waals surface area contributed by atoms with Gasteiger partial charge >= 0.3 is 0 Å². The fraction of sp³-hybridized carbons (Fsp3) is 0.667. The Kier molecular flexibility index (Phi) is 8.21. The number of hydrogen-bond acceptors (Lipinski definition) is 3. The van der Waals surface area contributed by atoms with Gasteiger partial charge in [-0.2, -0.15) is 0 Å². The van der Waals surface area contributed by atoms with E-state index < -0.39 is 0 Å². The van der Waals surface area contributed by atoms with E-state index in [-0.39, 0.29) is 0 Å². The number of anilines is 1. The Bertz CT molecular complexity index is 361. The molecule has 120 valence electrons. The van der Waals surface area contributed by atoms with Crippen molar-refractivity contribution in [1.29, 1.82) is 0 Å². The van der Waals surface area contributed by atoms with Crippen molar-refractivity contribution in [3.8, 4) is 5.75 Å². The minimum atomic E-state index is 0.736. The summed E-state index contributed by atoms with van der Waals surface area (Å²) in [5.74, 6) is 2.41. The maximum absolute atomic E-state index is 5.81. The molecule has 0 saturated heterocycles. The topological polar surface area (TPSA) is 38.5 Å². The van der Waals surface area contributed by atoms with Crippen molar-refractivity contribution in [2.75, 3.05) is 32.0 Å². The number of hydrogen-bond donors (Lipinski definition) is 1. The lowest BCUT2D eigenvalue weighted by Crippen LogP contribution is -2.31. The van der Waals surface area contributed by atoms with Crippen molar-refractivity contribution in [1.82, 2.24) is 4.90 Å². The normalized spacial score (nSPS) is 11.6. The second-order valence-corrected chi connectivity index (χ2v) is 6.62. The van der Waals surface area contributed by atoms with E-state index in [2.05, 4.69) is 32.6 Å². The van der Waals surface area contributed by atoms with Crippen LogP contribution in [0.3, 0.4) is 0 Å². The summed E-state index contributed by atoms with van der Waals surface area (Å²) in [4.78, 5) is 2.53. The predicted molar refractivity (Wildman–Crippen MR) is 91.7 cm³/mol. The smallest absolute Gasteiger partial charge is 0.119 e. The third kappa shape index (κ3) is 8.61. The van der Waals surface area contributed by atoms with E-state index in [9.17, 15) is 0 Å². The van der Waals surface area contributed by atoms with Crippen LogP contribution in [-0.4, -0.2) is 31.1 Å². The lowest BCUT2D eigenvalue weighted by molar-refractivity contribution is 0.193. The number of nitrogens with zero attached hydrogens (tertiary/aromatic N) is 1. The van der Waals surface area contributed by atoms with Crippen molar-refractivity contribution in [2.45, 2.75) is 40.5 Å². The van der Waals surface area contributed by atoms with E-state index in [4.69, 9.17) is 10.5 Å². The summed E-state index contributed by atoms with van der Waals surface area (Å²) in [6.07, 6.45) is 2.50. The van der Waals surface area contributed by atoms with Crippen LogP contribution in [0.4, 0.5) is 5.69 Å². The molecule has 3 heteroatoms. The van der Waals surface area contributed by atoms with Crippen molar-refractivity contribution in [2.24, 2.45) is 11.8 Å². The van der Waals surface area contributed by atoms with Gasteiger partial charge in [0.1, 0.15) is 12.4 Å². The van der Waals surface area contributed by atoms with Crippen LogP contribution in [0.2, 0.25) is 0 Å². The second kappa shape index (κ2) is 9.67. The molecular weight excluding hydrogens is 260 g/mol. The second-order valence-electron chi connectivity index (χ2n) is 6.62. The maximum Gasteiger partial charge on any atom is 0.119 e. The van der Waals surface area contributed by atoms with Crippen LogP contribution in [0.15, 0.2) is 24.3 Å². The van der Waals surface area contributed by atoms with Gasteiger partial charge in [0, 0.05) is 12.2 Å². The first-order valence-electron chi connectivity index (χ1n) is 8.18. The molecule has 0 aliphatic carbocycles. The third-order valence-corrected chi connectivity index (χ3v) is 3.60. The Morgan fingerprint density at radius 2 is 1.43 bits per heavy atom. The Labute approximate surface area is 130 Å². The SMILES string of the molecule is CC(C)CCN(CCOc1ccc(N)cc1)CCC(C)C. The fourth-order valence-corrected chi connectivity index (χ4v) is 2.07. The van der Waals surface area contributed by atoms with E-state index in [1.807, 2.05) is 24.3 Å². The van der Waals surface area contributed by atoms with Gasteiger partial charge in [-0.15, -0.1) is 0 Å². The Hall–Kier alpha value is -1.22. The standard InChI is InChI=1S/C18H32N2O/c1-15(2)9-11-20(12-10-16(3)4)13-14-21-18-7-5-17(19)6-8-18/h5-8,15-16H,9-14,19H2,1-4H3. The maximum atomic E-state index is 5.81. The first-order chi connectivity index (χ1) is 9.97. The van der Waals surface area contributed by atoms with Gasteiger partial charge < -0.3 is 10.5 Å². The highest BCUT2D eigenvalue weighted by Gasteiger charge is 2.07. The molecule has 0 saturated carbocycles. The largest absolute Gasteiger partial charge is 0.492 e. The van der Waals surface area contributed by atoms with Crippen LogP contribution in [0.1, 0.15) is 40.5 Å². The molecule has 0 heterocycles. The Morgan fingerprint density at radius 3 is 1.90 bits per heavy atom. The highest BCUT2D eigenvalue weighted by molar-refractivity contribution is 5.41.